The standard InChI is InChI=1S/C26H26ClNO5S/c1-4-33-26(30)22(19-14-17(31-2)11-12-20(19)32-3)15-9-10-16(13-15)28-25(29)24-23(27)18-7-5-6-8-21(18)34-24/h5-12,14-16,22H,4,13H2,1-3H3,(H,28,29). The molecule has 3 unspecified atom stereocenters. The molecule has 1 heterocycles. The van der Waals surface area contributed by atoms with Crippen LogP contribution in [0.3, 0.4) is 0 Å². The Morgan fingerprint density at radius 3 is 2.65 bits per heavy atom. The summed E-state index contributed by atoms with van der Waals surface area (Å²) in [5, 5.41) is 4.38. The van der Waals surface area contributed by atoms with E-state index in [1.807, 2.05) is 36.4 Å². The third-order valence-corrected chi connectivity index (χ3v) is 7.59. The van der Waals surface area contributed by atoms with Crippen molar-refractivity contribution in [2.24, 2.45) is 5.92 Å². The lowest BCUT2D eigenvalue weighted by Crippen LogP contribution is -2.33. The number of ether oxygens (including phenoxy) is 3. The van der Waals surface area contributed by atoms with Crippen molar-refractivity contribution in [2.75, 3.05) is 20.8 Å². The molecule has 1 aromatic heterocycles. The predicted octanol–water partition coefficient (Wildman–Crippen LogP) is 5.59. The quantitative estimate of drug-likeness (QED) is 0.323. The van der Waals surface area contributed by atoms with E-state index in [2.05, 4.69) is 5.32 Å². The summed E-state index contributed by atoms with van der Waals surface area (Å²) in [6.07, 6.45) is 4.42. The van der Waals surface area contributed by atoms with E-state index in [1.165, 1.54) is 11.3 Å². The highest BCUT2D eigenvalue weighted by atomic mass is 35.5. The summed E-state index contributed by atoms with van der Waals surface area (Å²) in [5.74, 6) is -0.163. The number of thiophene rings is 1. The molecule has 178 valence electrons. The summed E-state index contributed by atoms with van der Waals surface area (Å²) in [6.45, 7) is 2.04. The van der Waals surface area contributed by atoms with Crippen LogP contribution in [0, 0.1) is 5.92 Å². The average molecular weight is 500 g/mol. The minimum atomic E-state index is -0.601. The van der Waals surface area contributed by atoms with Gasteiger partial charge in [-0.2, -0.15) is 0 Å². The Morgan fingerprint density at radius 2 is 1.94 bits per heavy atom. The number of fused-ring (bicyclic) bond motifs is 1. The Bertz CT molecular complexity index is 1240. The second kappa shape index (κ2) is 10.5. The molecule has 34 heavy (non-hydrogen) atoms. The number of rotatable bonds is 8. The van der Waals surface area contributed by atoms with Gasteiger partial charge in [-0.15, -0.1) is 11.3 Å². The van der Waals surface area contributed by atoms with Gasteiger partial charge in [0.05, 0.1) is 31.8 Å². The van der Waals surface area contributed by atoms with Crippen LogP contribution in [0.4, 0.5) is 0 Å². The fourth-order valence-electron chi connectivity index (χ4n) is 4.32. The first-order chi connectivity index (χ1) is 16.5. The monoisotopic (exact) mass is 499 g/mol. The molecule has 0 saturated carbocycles. The van der Waals surface area contributed by atoms with E-state index < -0.39 is 5.92 Å². The van der Waals surface area contributed by atoms with Gasteiger partial charge in [0.2, 0.25) is 0 Å². The maximum Gasteiger partial charge on any atom is 0.314 e. The number of halogens is 1. The number of carbonyl (C=O) groups is 2. The van der Waals surface area contributed by atoms with Crippen LogP contribution in [0.5, 0.6) is 11.5 Å². The van der Waals surface area contributed by atoms with Gasteiger partial charge >= 0.3 is 5.97 Å². The molecule has 0 bridgehead atoms. The lowest BCUT2D eigenvalue weighted by Gasteiger charge is -2.24. The van der Waals surface area contributed by atoms with Crippen molar-refractivity contribution in [1.82, 2.24) is 5.32 Å². The summed E-state index contributed by atoms with van der Waals surface area (Å²) >= 11 is 7.85. The molecule has 1 aliphatic carbocycles. The fraction of sp³-hybridized carbons (Fsp3) is 0.308. The first-order valence-electron chi connectivity index (χ1n) is 11.0. The maximum atomic E-state index is 13.0. The Morgan fingerprint density at radius 1 is 1.15 bits per heavy atom. The van der Waals surface area contributed by atoms with Crippen LogP contribution in [0.15, 0.2) is 54.6 Å². The van der Waals surface area contributed by atoms with Crippen LogP contribution in [0.1, 0.15) is 34.5 Å². The molecular weight excluding hydrogens is 474 g/mol. The van der Waals surface area contributed by atoms with Gasteiger partial charge < -0.3 is 19.5 Å². The molecule has 0 radical (unpaired) electrons. The minimum absolute atomic E-state index is 0.191. The largest absolute Gasteiger partial charge is 0.497 e. The number of hydrogen-bond donors (Lipinski definition) is 1. The molecule has 6 nitrogen and oxygen atoms in total. The molecular formula is C26H26ClNO5S. The van der Waals surface area contributed by atoms with E-state index in [0.717, 1.165) is 10.1 Å². The Hall–Kier alpha value is -3.03. The second-order valence-electron chi connectivity index (χ2n) is 7.94. The second-order valence-corrected chi connectivity index (χ2v) is 9.37. The van der Waals surface area contributed by atoms with Gasteiger partial charge in [-0.05, 0) is 43.5 Å². The number of carbonyl (C=O) groups excluding carboxylic acids is 2. The lowest BCUT2D eigenvalue weighted by atomic mass is 9.84. The van der Waals surface area contributed by atoms with Crippen LogP contribution < -0.4 is 14.8 Å². The van der Waals surface area contributed by atoms with Gasteiger partial charge in [0.1, 0.15) is 16.4 Å². The smallest absolute Gasteiger partial charge is 0.314 e. The normalized spacial score (nSPS) is 18.0. The molecule has 0 saturated heterocycles. The van der Waals surface area contributed by atoms with Crippen molar-refractivity contribution in [2.45, 2.75) is 25.3 Å². The number of amides is 1. The summed E-state index contributed by atoms with van der Waals surface area (Å²) in [5.41, 5.74) is 0.689. The minimum Gasteiger partial charge on any atom is -0.497 e. The molecule has 1 N–H and O–H groups in total. The molecule has 0 fully saturated rings. The highest BCUT2D eigenvalue weighted by Crippen LogP contribution is 2.41. The molecule has 3 atom stereocenters. The average Bonchev–Trinajstić information content (AvgIpc) is 3.43. The van der Waals surface area contributed by atoms with E-state index in [0.29, 0.717) is 33.4 Å². The Balaban J connectivity index is 1.55. The van der Waals surface area contributed by atoms with E-state index in [9.17, 15) is 9.59 Å². The molecule has 0 spiro atoms. The van der Waals surface area contributed by atoms with Crippen molar-refractivity contribution in [3.05, 3.63) is 70.1 Å². The fourth-order valence-corrected chi connectivity index (χ4v) is 5.74. The van der Waals surface area contributed by atoms with Gasteiger partial charge in [-0.3, -0.25) is 9.59 Å². The number of esters is 1. The van der Waals surface area contributed by atoms with Crippen LogP contribution in [0.2, 0.25) is 5.02 Å². The van der Waals surface area contributed by atoms with Gasteiger partial charge in [0.25, 0.3) is 5.91 Å². The zero-order valence-electron chi connectivity index (χ0n) is 19.2. The van der Waals surface area contributed by atoms with Crippen molar-refractivity contribution in [1.29, 1.82) is 0 Å². The van der Waals surface area contributed by atoms with Gasteiger partial charge in [0, 0.05) is 21.7 Å². The number of nitrogens with one attached hydrogen (secondary N) is 1. The van der Waals surface area contributed by atoms with Crippen molar-refractivity contribution >= 4 is 44.9 Å². The highest BCUT2D eigenvalue weighted by molar-refractivity contribution is 7.21. The van der Waals surface area contributed by atoms with Gasteiger partial charge in [-0.25, -0.2) is 0 Å². The first kappa shape index (κ1) is 24.1. The summed E-state index contributed by atoms with van der Waals surface area (Å²) in [4.78, 5) is 26.5. The number of benzene rings is 2. The summed E-state index contributed by atoms with van der Waals surface area (Å²) < 4.78 is 17.3. The van der Waals surface area contributed by atoms with E-state index in [-0.39, 0.29) is 30.4 Å². The highest BCUT2D eigenvalue weighted by Gasteiger charge is 2.36. The summed E-state index contributed by atoms with van der Waals surface area (Å²) in [7, 11) is 3.14. The molecule has 0 aliphatic heterocycles. The maximum absolute atomic E-state index is 13.0. The van der Waals surface area contributed by atoms with Gasteiger partial charge in [0.15, 0.2) is 0 Å². The zero-order valence-corrected chi connectivity index (χ0v) is 20.7. The third-order valence-electron chi connectivity index (χ3n) is 5.91. The third kappa shape index (κ3) is 4.76. The Kier molecular flexibility index (Phi) is 7.44. The van der Waals surface area contributed by atoms with E-state index in [1.54, 1.807) is 39.3 Å². The van der Waals surface area contributed by atoms with E-state index >= 15 is 0 Å². The molecule has 1 aliphatic rings. The molecule has 2 aromatic carbocycles. The first-order valence-corrected chi connectivity index (χ1v) is 12.2. The Labute approximate surface area is 207 Å². The van der Waals surface area contributed by atoms with Crippen molar-refractivity contribution < 1.29 is 23.8 Å². The SMILES string of the molecule is CCOC(=O)C(c1cc(OC)ccc1OC)C1C=CC(NC(=O)c2sc3ccccc3c2Cl)C1. The van der Waals surface area contributed by atoms with Crippen molar-refractivity contribution in [3.63, 3.8) is 0 Å². The number of hydrogen-bond acceptors (Lipinski definition) is 6. The molecule has 8 heteroatoms. The van der Waals surface area contributed by atoms with Crippen LogP contribution in [-0.2, 0) is 9.53 Å². The molecule has 1 amide bonds. The predicted molar refractivity (Wildman–Crippen MR) is 134 cm³/mol. The van der Waals surface area contributed by atoms with E-state index in [4.69, 9.17) is 25.8 Å². The van der Waals surface area contributed by atoms with Crippen LogP contribution >= 0.6 is 22.9 Å². The number of methoxy groups -OCH3 is 2. The summed E-state index contributed by atoms with van der Waals surface area (Å²) in [6, 6.07) is 12.8. The van der Waals surface area contributed by atoms with Crippen molar-refractivity contribution in [3.8, 4) is 11.5 Å². The molecule has 4 rings (SSSR count). The lowest BCUT2D eigenvalue weighted by molar-refractivity contribution is -0.146. The van der Waals surface area contributed by atoms with Crippen LogP contribution in [-0.4, -0.2) is 38.7 Å². The zero-order chi connectivity index (χ0) is 24.2. The molecule has 3 aromatic rings. The number of allylic oxidation sites excluding steroid dienone is 1. The topological polar surface area (TPSA) is 73.9 Å². The van der Waals surface area contributed by atoms with Gasteiger partial charge in [-0.1, -0.05) is 42.0 Å². The van der Waals surface area contributed by atoms with Crippen LogP contribution in [0.25, 0.3) is 10.1 Å².